The Labute approximate surface area is 148 Å². The van der Waals surface area contributed by atoms with E-state index in [1.807, 2.05) is 20.8 Å². The zero-order valence-corrected chi connectivity index (χ0v) is 15.1. The van der Waals surface area contributed by atoms with Gasteiger partial charge in [-0.25, -0.2) is 4.98 Å². The lowest BCUT2D eigenvalue weighted by Crippen LogP contribution is -2.31. The average molecular weight is 357 g/mol. The van der Waals surface area contributed by atoms with Crippen LogP contribution in [0.5, 0.6) is 5.75 Å². The number of amides is 1. The van der Waals surface area contributed by atoms with Gasteiger partial charge in [0.25, 0.3) is 11.5 Å². The Hall–Kier alpha value is -2.67. The first-order chi connectivity index (χ1) is 11.9. The van der Waals surface area contributed by atoms with Gasteiger partial charge in [-0.05, 0) is 25.0 Å². The number of aromatic nitrogens is 2. The SMILES string of the molecule is Cc1cnc(NC(=O)c2c(O)c3ccccc3n(CC(C)C)c2=O)s1. The lowest BCUT2D eigenvalue weighted by molar-refractivity contribution is 0.102. The molecule has 0 spiro atoms. The molecule has 3 aromatic rings. The first kappa shape index (κ1) is 17.2. The Balaban J connectivity index is 2.17. The van der Waals surface area contributed by atoms with Crippen LogP contribution in [-0.2, 0) is 6.54 Å². The molecule has 1 aromatic carbocycles. The van der Waals surface area contributed by atoms with Crippen LogP contribution in [0.3, 0.4) is 0 Å². The number of hydrogen-bond donors (Lipinski definition) is 2. The summed E-state index contributed by atoms with van der Waals surface area (Å²) in [6, 6.07) is 7.03. The highest BCUT2D eigenvalue weighted by Gasteiger charge is 2.23. The summed E-state index contributed by atoms with van der Waals surface area (Å²) in [5, 5.41) is 14.0. The van der Waals surface area contributed by atoms with Gasteiger partial charge in [0, 0.05) is 23.0 Å². The minimum absolute atomic E-state index is 0.211. The van der Waals surface area contributed by atoms with Crippen LogP contribution in [0.15, 0.2) is 35.3 Å². The van der Waals surface area contributed by atoms with E-state index in [9.17, 15) is 14.7 Å². The van der Waals surface area contributed by atoms with Gasteiger partial charge in [0.05, 0.1) is 5.52 Å². The number of aromatic hydroxyl groups is 1. The molecule has 0 unspecified atom stereocenters. The van der Waals surface area contributed by atoms with Crippen LogP contribution in [0.4, 0.5) is 5.13 Å². The molecular weight excluding hydrogens is 338 g/mol. The fourth-order valence-electron chi connectivity index (χ4n) is 2.71. The number of para-hydroxylation sites is 1. The van der Waals surface area contributed by atoms with Gasteiger partial charge in [0.1, 0.15) is 11.3 Å². The molecule has 130 valence electrons. The fraction of sp³-hybridized carbons (Fsp3) is 0.278. The van der Waals surface area contributed by atoms with Crippen LogP contribution in [0.1, 0.15) is 29.1 Å². The molecular formula is C18H19N3O3S. The molecule has 0 atom stereocenters. The molecule has 2 heterocycles. The topological polar surface area (TPSA) is 84.2 Å². The maximum absolute atomic E-state index is 12.9. The summed E-state index contributed by atoms with van der Waals surface area (Å²) < 4.78 is 1.54. The van der Waals surface area contributed by atoms with Crippen molar-refractivity contribution in [1.82, 2.24) is 9.55 Å². The highest BCUT2D eigenvalue weighted by Crippen LogP contribution is 2.27. The van der Waals surface area contributed by atoms with Crippen molar-refractivity contribution in [3.8, 4) is 5.75 Å². The first-order valence-electron chi connectivity index (χ1n) is 7.96. The van der Waals surface area contributed by atoms with Gasteiger partial charge in [-0.3, -0.25) is 14.9 Å². The molecule has 25 heavy (non-hydrogen) atoms. The first-order valence-corrected chi connectivity index (χ1v) is 8.78. The molecule has 3 rings (SSSR count). The van der Waals surface area contributed by atoms with Gasteiger partial charge < -0.3 is 9.67 Å². The van der Waals surface area contributed by atoms with Crippen molar-refractivity contribution in [2.75, 3.05) is 5.32 Å². The predicted octanol–water partition coefficient (Wildman–Crippen LogP) is 3.38. The van der Waals surface area contributed by atoms with Crippen LogP contribution >= 0.6 is 11.3 Å². The highest BCUT2D eigenvalue weighted by molar-refractivity contribution is 7.15. The van der Waals surface area contributed by atoms with E-state index < -0.39 is 11.5 Å². The number of pyridine rings is 1. The highest BCUT2D eigenvalue weighted by atomic mass is 32.1. The van der Waals surface area contributed by atoms with Crippen molar-refractivity contribution >= 4 is 33.3 Å². The summed E-state index contributed by atoms with van der Waals surface area (Å²) in [5.41, 5.74) is -0.150. The van der Waals surface area contributed by atoms with Gasteiger partial charge in [0.15, 0.2) is 5.13 Å². The molecule has 0 aliphatic carbocycles. The molecule has 6 nitrogen and oxygen atoms in total. The lowest BCUT2D eigenvalue weighted by atomic mass is 10.1. The van der Waals surface area contributed by atoms with E-state index in [0.717, 1.165) is 4.88 Å². The standard InChI is InChI=1S/C18H19N3O3S/c1-10(2)9-21-13-7-5-4-6-12(13)15(22)14(17(21)24)16(23)20-18-19-8-11(3)25-18/h4-8,10,22H,9H2,1-3H3,(H,19,20,23). The number of rotatable bonds is 4. The number of hydrogen-bond acceptors (Lipinski definition) is 5. The van der Waals surface area contributed by atoms with Gasteiger partial charge in [-0.15, -0.1) is 11.3 Å². The summed E-state index contributed by atoms with van der Waals surface area (Å²) in [5.74, 6) is -0.741. The molecule has 0 saturated carbocycles. The van der Waals surface area contributed by atoms with Crippen LogP contribution in [0.25, 0.3) is 10.9 Å². The van der Waals surface area contributed by atoms with E-state index >= 15 is 0 Å². The largest absolute Gasteiger partial charge is 0.506 e. The zero-order chi connectivity index (χ0) is 18.1. The third-order valence-corrected chi connectivity index (χ3v) is 4.59. The van der Waals surface area contributed by atoms with Crippen LogP contribution in [0, 0.1) is 12.8 Å². The molecule has 7 heteroatoms. The summed E-state index contributed by atoms with van der Waals surface area (Å²) in [6.07, 6.45) is 1.64. The Morgan fingerprint density at radius 2 is 2.08 bits per heavy atom. The van der Waals surface area contributed by atoms with E-state index in [0.29, 0.717) is 22.6 Å². The molecule has 0 fully saturated rings. The summed E-state index contributed by atoms with van der Waals surface area (Å²) in [7, 11) is 0. The number of anilines is 1. The minimum atomic E-state index is -0.653. The van der Waals surface area contributed by atoms with Crippen molar-refractivity contribution in [1.29, 1.82) is 0 Å². The Morgan fingerprint density at radius 3 is 2.72 bits per heavy atom. The number of thiazole rings is 1. The normalized spacial score (nSPS) is 11.2. The second-order valence-electron chi connectivity index (χ2n) is 6.28. The lowest BCUT2D eigenvalue weighted by Gasteiger charge is -2.16. The van der Waals surface area contributed by atoms with Gasteiger partial charge in [-0.1, -0.05) is 26.0 Å². The maximum Gasteiger partial charge on any atom is 0.267 e. The third-order valence-electron chi connectivity index (χ3n) is 3.76. The fourth-order valence-corrected chi connectivity index (χ4v) is 3.37. The van der Waals surface area contributed by atoms with E-state index in [1.54, 1.807) is 35.0 Å². The Bertz CT molecular complexity index is 1000. The van der Waals surface area contributed by atoms with Crippen molar-refractivity contribution in [3.63, 3.8) is 0 Å². The Morgan fingerprint density at radius 1 is 1.36 bits per heavy atom. The Kier molecular flexibility index (Phi) is 4.59. The summed E-state index contributed by atoms with van der Waals surface area (Å²) >= 11 is 1.31. The maximum atomic E-state index is 12.9. The van der Waals surface area contributed by atoms with Crippen LogP contribution in [0.2, 0.25) is 0 Å². The number of fused-ring (bicyclic) bond motifs is 1. The van der Waals surface area contributed by atoms with Gasteiger partial charge in [-0.2, -0.15) is 0 Å². The monoisotopic (exact) mass is 357 g/mol. The second-order valence-corrected chi connectivity index (χ2v) is 7.52. The molecule has 0 radical (unpaired) electrons. The molecule has 2 N–H and O–H groups in total. The number of nitrogens with one attached hydrogen (secondary N) is 1. The molecule has 2 aromatic heterocycles. The van der Waals surface area contributed by atoms with Gasteiger partial charge >= 0.3 is 0 Å². The second kappa shape index (κ2) is 6.68. The van der Waals surface area contributed by atoms with Crippen molar-refractivity contribution in [2.45, 2.75) is 27.3 Å². The van der Waals surface area contributed by atoms with Crippen molar-refractivity contribution in [2.24, 2.45) is 5.92 Å². The minimum Gasteiger partial charge on any atom is -0.506 e. The number of nitrogens with zero attached hydrogens (tertiary/aromatic N) is 2. The van der Waals surface area contributed by atoms with Crippen molar-refractivity contribution < 1.29 is 9.90 Å². The molecule has 0 aliphatic rings. The number of aryl methyl sites for hydroxylation is 1. The van der Waals surface area contributed by atoms with E-state index in [2.05, 4.69) is 10.3 Å². The van der Waals surface area contributed by atoms with Crippen LogP contribution < -0.4 is 10.9 Å². The van der Waals surface area contributed by atoms with E-state index in [1.165, 1.54) is 11.3 Å². The third kappa shape index (κ3) is 3.28. The number of carbonyl (C=O) groups is 1. The smallest absolute Gasteiger partial charge is 0.267 e. The average Bonchev–Trinajstić information content (AvgIpc) is 2.96. The molecule has 0 saturated heterocycles. The number of carbonyl (C=O) groups excluding carboxylic acids is 1. The predicted molar refractivity (Wildman–Crippen MR) is 99.5 cm³/mol. The summed E-state index contributed by atoms with van der Waals surface area (Å²) in [4.78, 5) is 30.5. The number of benzene rings is 1. The molecule has 0 aliphatic heterocycles. The van der Waals surface area contributed by atoms with Crippen molar-refractivity contribution in [3.05, 3.63) is 51.3 Å². The van der Waals surface area contributed by atoms with Gasteiger partial charge in [0.2, 0.25) is 0 Å². The summed E-state index contributed by atoms with van der Waals surface area (Å²) in [6.45, 7) is 6.31. The van der Waals surface area contributed by atoms with Crippen LogP contribution in [-0.4, -0.2) is 20.6 Å². The zero-order valence-electron chi connectivity index (χ0n) is 14.2. The quantitative estimate of drug-likeness (QED) is 0.750. The van der Waals surface area contributed by atoms with E-state index in [4.69, 9.17) is 0 Å². The van der Waals surface area contributed by atoms with E-state index in [-0.39, 0.29) is 17.2 Å². The molecule has 1 amide bonds. The molecule has 0 bridgehead atoms.